The highest BCUT2D eigenvalue weighted by Crippen LogP contribution is 2.36. The van der Waals surface area contributed by atoms with Crippen LogP contribution in [0.15, 0.2) is 42.5 Å². The van der Waals surface area contributed by atoms with Crippen LogP contribution in [0.2, 0.25) is 0 Å². The lowest BCUT2D eigenvalue weighted by molar-refractivity contribution is -0.139. The number of benzene rings is 2. The van der Waals surface area contributed by atoms with E-state index < -0.39 is 28.5 Å². The summed E-state index contributed by atoms with van der Waals surface area (Å²) >= 11 is 0. The Balaban J connectivity index is 1.89. The summed E-state index contributed by atoms with van der Waals surface area (Å²) in [7, 11) is -3.82. The maximum absolute atomic E-state index is 13.6. The normalized spacial score (nSPS) is 13.4. The Morgan fingerprint density at radius 1 is 1.06 bits per heavy atom. The summed E-state index contributed by atoms with van der Waals surface area (Å²) in [6.45, 7) is 7.77. The van der Waals surface area contributed by atoms with Crippen molar-refractivity contribution in [2.75, 3.05) is 30.4 Å². The summed E-state index contributed by atoms with van der Waals surface area (Å²) in [6.07, 6.45) is 1.04. The number of sulfonamides is 1. The van der Waals surface area contributed by atoms with Gasteiger partial charge in [0.25, 0.3) is 0 Å². The van der Waals surface area contributed by atoms with Crippen molar-refractivity contribution in [3.05, 3.63) is 53.6 Å². The second-order valence-corrected chi connectivity index (χ2v) is 11.0. The van der Waals surface area contributed by atoms with Gasteiger partial charge >= 0.3 is 0 Å². The fourth-order valence-corrected chi connectivity index (χ4v) is 4.54. The van der Waals surface area contributed by atoms with Gasteiger partial charge in [-0.1, -0.05) is 43.7 Å². The zero-order valence-corrected chi connectivity index (χ0v) is 21.6. The quantitative estimate of drug-likeness (QED) is 0.535. The van der Waals surface area contributed by atoms with E-state index in [1.807, 2.05) is 45.0 Å². The van der Waals surface area contributed by atoms with Crippen molar-refractivity contribution in [3.63, 3.8) is 0 Å². The number of hydrogen-bond acceptors (Lipinski definition) is 6. The van der Waals surface area contributed by atoms with Crippen molar-refractivity contribution in [2.45, 2.75) is 40.3 Å². The lowest BCUT2D eigenvalue weighted by atomic mass is 10.1. The van der Waals surface area contributed by atoms with Gasteiger partial charge in [0.05, 0.1) is 11.9 Å². The molecule has 1 heterocycles. The Bertz CT molecular complexity index is 1180. The van der Waals surface area contributed by atoms with Crippen molar-refractivity contribution in [3.8, 4) is 11.5 Å². The first-order valence-corrected chi connectivity index (χ1v) is 13.3. The van der Waals surface area contributed by atoms with E-state index >= 15 is 0 Å². The SMILES string of the molecule is Cc1cccc(CN(C(=O)CN(c2ccc3c(c2)OCO3)S(C)(=O)=O)[C@@H](C)C(=O)NCC(C)C)c1. The van der Waals surface area contributed by atoms with Crippen LogP contribution in [0.5, 0.6) is 11.5 Å². The number of ether oxygens (including phenoxy) is 2. The van der Waals surface area contributed by atoms with Crippen molar-refractivity contribution in [1.82, 2.24) is 10.2 Å². The Labute approximate surface area is 207 Å². The maximum Gasteiger partial charge on any atom is 0.244 e. The highest BCUT2D eigenvalue weighted by atomic mass is 32.2. The minimum Gasteiger partial charge on any atom is -0.454 e. The van der Waals surface area contributed by atoms with Gasteiger partial charge in [0.15, 0.2) is 11.5 Å². The number of aryl methyl sites for hydroxylation is 1. The third kappa shape index (κ3) is 6.88. The summed E-state index contributed by atoms with van der Waals surface area (Å²) < 4.78 is 37.0. The van der Waals surface area contributed by atoms with Gasteiger partial charge in [-0.25, -0.2) is 8.42 Å². The number of amides is 2. The lowest BCUT2D eigenvalue weighted by Gasteiger charge is -2.31. The summed E-state index contributed by atoms with van der Waals surface area (Å²) in [5, 5.41) is 2.86. The number of nitrogens with one attached hydrogen (secondary N) is 1. The molecule has 3 rings (SSSR count). The van der Waals surface area contributed by atoms with Gasteiger partial charge in [0.2, 0.25) is 28.6 Å². The first-order chi connectivity index (χ1) is 16.5. The van der Waals surface area contributed by atoms with E-state index in [1.165, 1.54) is 11.0 Å². The molecule has 2 amide bonds. The molecule has 2 aromatic rings. The summed E-state index contributed by atoms with van der Waals surface area (Å²) in [6, 6.07) is 11.5. The number of nitrogens with zero attached hydrogens (tertiary/aromatic N) is 2. The Kier molecular flexibility index (Phi) is 8.26. The van der Waals surface area contributed by atoms with E-state index in [1.54, 1.807) is 19.1 Å². The molecule has 0 radical (unpaired) electrons. The fourth-order valence-electron chi connectivity index (χ4n) is 3.70. The molecule has 10 heteroatoms. The Hall–Kier alpha value is -3.27. The number of anilines is 1. The van der Waals surface area contributed by atoms with Crippen LogP contribution in [0.4, 0.5) is 5.69 Å². The highest BCUT2D eigenvalue weighted by molar-refractivity contribution is 7.92. The zero-order valence-electron chi connectivity index (χ0n) is 20.8. The van der Waals surface area contributed by atoms with Gasteiger partial charge in [-0.15, -0.1) is 0 Å². The van der Waals surface area contributed by atoms with Crippen molar-refractivity contribution >= 4 is 27.5 Å². The Morgan fingerprint density at radius 3 is 2.43 bits per heavy atom. The van der Waals surface area contributed by atoms with Crippen LogP contribution >= 0.6 is 0 Å². The van der Waals surface area contributed by atoms with E-state index in [-0.39, 0.29) is 30.9 Å². The molecule has 0 fully saturated rings. The molecular weight excluding hydrogens is 470 g/mol. The van der Waals surface area contributed by atoms with Crippen LogP contribution in [0.3, 0.4) is 0 Å². The first-order valence-electron chi connectivity index (χ1n) is 11.5. The van der Waals surface area contributed by atoms with E-state index in [9.17, 15) is 18.0 Å². The number of fused-ring (bicyclic) bond motifs is 1. The third-order valence-electron chi connectivity index (χ3n) is 5.61. The molecule has 1 atom stereocenters. The van der Waals surface area contributed by atoms with Crippen LogP contribution in [-0.2, 0) is 26.2 Å². The number of hydrogen-bond donors (Lipinski definition) is 1. The van der Waals surface area contributed by atoms with Crippen molar-refractivity contribution < 1.29 is 27.5 Å². The van der Waals surface area contributed by atoms with Crippen molar-refractivity contribution in [2.24, 2.45) is 5.92 Å². The lowest BCUT2D eigenvalue weighted by Crippen LogP contribution is -2.51. The minimum absolute atomic E-state index is 0.0455. The molecule has 2 aromatic carbocycles. The van der Waals surface area contributed by atoms with E-state index in [0.29, 0.717) is 18.0 Å². The van der Waals surface area contributed by atoms with E-state index in [2.05, 4.69) is 5.32 Å². The monoisotopic (exact) mass is 503 g/mol. The van der Waals surface area contributed by atoms with Gasteiger partial charge < -0.3 is 19.7 Å². The van der Waals surface area contributed by atoms with Crippen LogP contribution in [0.25, 0.3) is 0 Å². The predicted octanol–water partition coefficient (Wildman–Crippen LogP) is 2.68. The second kappa shape index (κ2) is 11.0. The minimum atomic E-state index is -3.82. The van der Waals surface area contributed by atoms with E-state index in [4.69, 9.17) is 9.47 Å². The average molecular weight is 504 g/mol. The van der Waals surface area contributed by atoms with Gasteiger partial charge in [0.1, 0.15) is 12.6 Å². The summed E-state index contributed by atoms with van der Waals surface area (Å²) in [4.78, 5) is 27.8. The second-order valence-electron chi connectivity index (χ2n) is 9.13. The number of carbonyl (C=O) groups excluding carboxylic acids is 2. The molecule has 190 valence electrons. The van der Waals surface area contributed by atoms with Crippen LogP contribution in [0.1, 0.15) is 31.9 Å². The molecule has 35 heavy (non-hydrogen) atoms. The van der Waals surface area contributed by atoms with Gasteiger partial charge in [-0.3, -0.25) is 13.9 Å². The summed E-state index contributed by atoms with van der Waals surface area (Å²) in [5.74, 6) is 0.362. The van der Waals surface area contributed by atoms with Crippen LogP contribution in [-0.4, -0.2) is 57.3 Å². The number of rotatable bonds is 10. The molecule has 0 aromatic heterocycles. The first kappa shape index (κ1) is 26.3. The van der Waals surface area contributed by atoms with Gasteiger partial charge in [-0.2, -0.15) is 0 Å². The molecule has 0 bridgehead atoms. The molecule has 0 saturated heterocycles. The third-order valence-corrected chi connectivity index (χ3v) is 6.75. The molecule has 0 aliphatic carbocycles. The maximum atomic E-state index is 13.6. The molecular formula is C25H33N3O6S. The van der Waals surface area contributed by atoms with Gasteiger partial charge in [-0.05, 0) is 37.5 Å². The van der Waals surface area contributed by atoms with Gasteiger partial charge in [0, 0.05) is 19.2 Å². The molecule has 0 spiro atoms. The standard InChI is InChI=1S/C25H33N3O6S/c1-17(2)13-26-25(30)19(4)27(14-20-8-6-7-18(3)11-20)24(29)15-28(35(5,31)32)21-9-10-22-23(12-21)34-16-33-22/h6-12,17,19H,13-16H2,1-5H3,(H,26,30)/t19-/m0/s1. The predicted molar refractivity (Wildman–Crippen MR) is 134 cm³/mol. The highest BCUT2D eigenvalue weighted by Gasteiger charge is 2.30. The topological polar surface area (TPSA) is 105 Å². The largest absolute Gasteiger partial charge is 0.454 e. The molecule has 1 N–H and O–H groups in total. The summed E-state index contributed by atoms with van der Waals surface area (Å²) in [5.41, 5.74) is 2.14. The fraction of sp³-hybridized carbons (Fsp3) is 0.440. The molecule has 9 nitrogen and oxygen atoms in total. The molecule has 1 aliphatic rings. The van der Waals surface area contributed by atoms with E-state index in [0.717, 1.165) is 21.7 Å². The van der Waals surface area contributed by atoms with Crippen molar-refractivity contribution in [1.29, 1.82) is 0 Å². The zero-order chi connectivity index (χ0) is 25.8. The Morgan fingerprint density at radius 2 is 1.77 bits per heavy atom. The molecule has 0 saturated carbocycles. The van der Waals surface area contributed by atoms with Crippen LogP contribution < -0.4 is 19.1 Å². The molecule has 1 aliphatic heterocycles. The number of carbonyl (C=O) groups is 2. The van der Waals surface area contributed by atoms with Crippen LogP contribution in [0, 0.1) is 12.8 Å². The smallest absolute Gasteiger partial charge is 0.244 e. The molecule has 0 unspecified atom stereocenters. The average Bonchev–Trinajstić information content (AvgIpc) is 3.26.